The van der Waals surface area contributed by atoms with Crippen molar-refractivity contribution < 1.29 is 27.6 Å². The van der Waals surface area contributed by atoms with Crippen molar-refractivity contribution in [3.05, 3.63) is 58.1 Å². The summed E-state index contributed by atoms with van der Waals surface area (Å²) in [6.45, 7) is 6.22. The molecular weight excluding hydrogens is 438 g/mol. The first-order chi connectivity index (χ1) is 15.1. The Morgan fingerprint density at radius 3 is 2.38 bits per heavy atom. The molecule has 172 valence electrons. The van der Waals surface area contributed by atoms with E-state index in [1.807, 2.05) is 13.8 Å². The van der Waals surface area contributed by atoms with E-state index in [-0.39, 0.29) is 47.1 Å². The lowest BCUT2D eigenvalue weighted by Gasteiger charge is -2.34. The van der Waals surface area contributed by atoms with Crippen molar-refractivity contribution in [1.29, 1.82) is 0 Å². The van der Waals surface area contributed by atoms with Crippen molar-refractivity contribution in [1.82, 2.24) is 4.31 Å². The number of hydrogen-bond donors (Lipinski definition) is 1. The van der Waals surface area contributed by atoms with Crippen molar-refractivity contribution in [3.63, 3.8) is 0 Å². The second-order valence-corrected chi connectivity index (χ2v) is 9.36. The second kappa shape index (κ2) is 9.63. The number of hydrogen-bond acceptors (Lipinski definition) is 7. The molecule has 32 heavy (non-hydrogen) atoms. The van der Waals surface area contributed by atoms with Gasteiger partial charge < -0.3 is 14.8 Å². The van der Waals surface area contributed by atoms with Gasteiger partial charge in [-0.05, 0) is 57.2 Å². The quantitative estimate of drug-likeness (QED) is 0.494. The number of ether oxygens (including phenoxy) is 2. The zero-order valence-electron chi connectivity index (χ0n) is 18.0. The van der Waals surface area contributed by atoms with Gasteiger partial charge in [-0.15, -0.1) is 0 Å². The van der Waals surface area contributed by atoms with Crippen molar-refractivity contribution >= 4 is 27.3 Å². The summed E-state index contributed by atoms with van der Waals surface area (Å²) < 4.78 is 38.1. The summed E-state index contributed by atoms with van der Waals surface area (Å²) in [5.41, 5.74) is -0.133. The number of nitrogens with one attached hydrogen (secondary N) is 1. The van der Waals surface area contributed by atoms with Gasteiger partial charge >= 0.3 is 0 Å². The zero-order chi connectivity index (χ0) is 23.5. The van der Waals surface area contributed by atoms with Gasteiger partial charge in [-0.1, -0.05) is 0 Å². The molecule has 1 aliphatic heterocycles. The first-order valence-corrected chi connectivity index (χ1v) is 11.5. The van der Waals surface area contributed by atoms with Crippen LogP contribution in [0.1, 0.15) is 31.1 Å². The molecule has 2 aromatic rings. The van der Waals surface area contributed by atoms with E-state index in [9.17, 15) is 23.3 Å². The lowest BCUT2D eigenvalue weighted by atomic mass is 10.2. The monoisotopic (exact) mass is 463 g/mol. The molecule has 1 saturated heterocycles. The molecule has 2 aromatic carbocycles. The summed E-state index contributed by atoms with van der Waals surface area (Å²) >= 11 is 0. The van der Waals surface area contributed by atoms with Crippen LogP contribution in [0.4, 0.5) is 11.4 Å². The summed E-state index contributed by atoms with van der Waals surface area (Å²) in [4.78, 5) is 23.4. The first kappa shape index (κ1) is 23.6. The molecule has 1 amide bonds. The van der Waals surface area contributed by atoms with Gasteiger partial charge in [-0.2, -0.15) is 4.31 Å². The maximum atomic E-state index is 12.9. The van der Waals surface area contributed by atoms with Gasteiger partial charge in [0.05, 0.1) is 34.7 Å². The molecule has 1 aliphatic rings. The Labute approximate surface area is 186 Å². The van der Waals surface area contributed by atoms with E-state index < -0.39 is 20.9 Å². The molecule has 0 spiro atoms. The van der Waals surface area contributed by atoms with Crippen LogP contribution >= 0.6 is 0 Å². The number of sulfonamides is 1. The third-order valence-electron chi connectivity index (χ3n) is 4.87. The summed E-state index contributed by atoms with van der Waals surface area (Å²) in [7, 11) is -3.74. The van der Waals surface area contributed by atoms with Crippen LogP contribution in [0, 0.1) is 10.1 Å². The molecule has 1 N–H and O–H groups in total. The molecule has 1 fully saturated rings. The molecule has 0 radical (unpaired) electrons. The highest BCUT2D eigenvalue weighted by Gasteiger charge is 2.32. The van der Waals surface area contributed by atoms with E-state index >= 15 is 0 Å². The van der Waals surface area contributed by atoms with Gasteiger partial charge in [0.1, 0.15) is 11.4 Å². The first-order valence-electron chi connectivity index (χ1n) is 10.1. The standard InChI is InChI=1S/C21H25N3O7S/c1-4-30-17-7-10-19(20(11-17)24(26)27)22-21(25)16-5-8-18(9-6-16)32(28,29)23-12-14(2)31-15(3)13-23/h5-11,14-15H,4,12-13H2,1-3H3,(H,22,25)/t14-,15+. The Morgan fingerprint density at radius 2 is 1.81 bits per heavy atom. The summed E-state index contributed by atoms with van der Waals surface area (Å²) in [5.74, 6) is -0.284. The predicted octanol–water partition coefficient (Wildman–Crippen LogP) is 3.04. The summed E-state index contributed by atoms with van der Waals surface area (Å²) in [5, 5.41) is 13.9. The predicted molar refractivity (Wildman–Crippen MR) is 117 cm³/mol. The number of morpholine rings is 1. The molecule has 3 rings (SSSR count). The van der Waals surface area contributed by atoms with Gasteiger partial charge in [-0.3, -0.25) is 14.9 Å². The van der Waals surface area contributed by atoms with Gasteiger partial charge in [0.25, 0.3) is 11.6 Å². The lowest BCUT2D eigenvalue weighted by molar-refractivity contribution is -0.384. The highest BCUT2D eigenvalue weighted by atomic mass is 32.2. The Morgan fingerprint density at radius 1 is 1.19 bits per heavy atom. The minimum absolute atomic E-state index is 0.0106. The molecule has 1 heterocycles. The smallest absolute Gasteiger partial charge is 0.296 e. The van der Waals surface area contributed by atoms with Crippen LogP contribution in [0.2, 0.25) is 0 Å². The number of rotatable bonds is 7. The lowest BCUT2D eigenvalue weighted by Crippen LogP contribution is -2.48. The topological polar surface area (TPSA) is 128 Å². The molecule has 0 aliphatic carbocycles. The van der Waals surface area contributed by atoms with Crippen LogP contribution < -0.4 is 10.1 Å². The van der Waals surface area contributed by atoms with E-state index in [1.54, 1.807) is 6.92 Å². The summed E-state index contributed by atoms with van der Waals surface area (Å²) in [6, 6.07) is 9.58. The Hall–Kier alpha value is -3.02. The van der Waals surface area contributed by atoms with Crippen LogP contribution in [0.3, 0.4) is 0 Å². The van der Waals surface area contributed by atoms with E-state index in [1.165, 1.54) is 46.8 Å². The Kier molecular flexibility index (Phi) is 7.12. The normalized spacial score (nSPS) is 19.3. The minimum atomic E-state index is -3.74. The van der Waals surface area contributed by atoms with Crippen molar-refractivity contribution in [2.45, 2.75) is 37.9 Å². The molecule has 11 heteroatoms. The van der Waals surface area contributed by atoms with Crippen molar-refractivity contribution in [2.75, 3.05) is 25.0 Å². The highest BCUT2D eigenvalue weighted by molar-refractivity contribution is 7.89. The average Bonchev–Trinajstić information content (AvgIpc) is 2.74. The van der Waals surface area contributed by atoms with Gasteiger partial charge in [0.15, 0.2) is 0 Å². The van der Waals surface area contributed by atoms with Gasteiger partial charge in [-0.25, -0.2) is 8.42 Å². The molecule has 2 atom stereocenters. The number of nitro benzene ring substituents is 1. The van der Waals surface area contributed by atoms with Crippen molar-refractivity contribution in [3.8, 4) is 5.75 Å². The van der Waals surface area contributed by atoms with Gasteiger partial charge in [0.2, 0.25) is 10.0 Å². The summed E-state index contributed by atoms with van der Waals surface area (Å²) in [6.07, 6.45) is -0.438. The second-order valence-electron chi connectivity index (χ2n) is 7.43. The Balaban J connectivity index is 1.78. The van der Waals surface area contributed by atoms with Crippen LogP contribution in [-0.2, 0) is 14.8 Å². The maximum Gasteiger partial charge on any atom is 0.296 e. The number of amides is 1. The van der Waals surface area contributed by atoms with Gasteiger partial charge in [0, 0.05) is 18.7 Å². The molecular formula is C21H25N3O7S. The number of anilines is 1. The SMILES string of the molecule is CCOc1ccc(NC(=O)c2ccc(S(=O)(=O)N3C[C@@H](C)O[C@@H](C)C3)cc2)c([N+](=O)[O-])c1. The van der Waals surface area contributed by atoms with Crippen LogP contribution in [-0.4, -0.2) is 55.5 Å². The molecule has 0 unspecified atom stereocenters. The largest absolute Gasteiger partial charge is 0.494 e. The molecule has 0 bridgehead atoms. The zero-order valence-corrected chi connectivity index (χ0v) is 18.8. The molecule has 0 aromatic heterocycles. The fraction of sp³-hybridized carbons (Fsp3) is 0.381. The van der Waals surface area contributed by atoms with E-state index in [0.29, 0.717) is 12.4 Å². The third-order valence-corrected chi connectivity index (χ3v) is 6.71. The maximum absolute atomic E-state index is 12.9. The molecule has 10 nitrogen and oxygen atoms in total. The number of benzene rings is 2. The van der Waals surface area contributed by atoms with Crippen molar-refractivity contribution in [2.24, 2.45) is 0 Å². The third kappa shape index (κ3) is 5.23. The van der Waals surface area contributed by atoms with E-state index in [0.717, 1.165) is 0 Å². The van der Waals surface area contributed by atoms with Crippen LogP contribution in [0.25, 0.3) is 0 Å². The fourth-order valence-electron chi connectivity index (χ4n) is 3.47. The van der Waals surface area contributed by atoms with Crippen LogP contribution in [0.15, 0.2) is 47.4 Å². The number of nitrogens with zero attached hydrogens (tertiary/aromatic N) is 2. The molecule has 0 saturated carbocycles. The van der Waals surface area contributed by atoms with E-state index in [4.69, 9.17) is 9.47 Å². The highest BCUT2D eigenvalue weighted by Crippen LogP contribution is 2.30. The van der Waals surface area contributed by atoms with Crippen LogP contribution in [0.5, 0.6) is 5.75 Å². The number of carbonyl (C=O) groups is 1. The Bertz CT molecular complexity index is 1090. The van der Waals surface area contributed by atoms with E-state index in [2.05, 4.69) is 5.32 Å². The minimum Gasteiger partial charge on any atom is -0.494 e. The average molecular weight is 464 g/mol. The fourth-order valence-corrected chi connectivity index (χ4v) is 5.06. The number of nitro groups is 1. The number of carbonyl (C=O) groups excluding carboxylic acids is 1.